The van der Waals surface area contributed by atoms with Crippen molar-refractivity contribution in [1.29, 1.82) is 0 Å². The molecular formula is C17H15N4O5S+. The van der Waals surface area contributed by atoms with E-state index in [1.165, 1.54) is 28.9 Å². The van der Waals surface area contributed by atoms with Gasteiger partial charge >= 0.3 is 10.7 Å². The Morgan fingerprint density at radius 3 is 2.52 bits per heavy atom. The fourth-order valence-corrected chi connectivity index (χ4v) is 3.02. The molecule has 9 nitrogen and oxygen atoms in total. The standard InChI is InChI=1S/C17H14N4O5S/c1-11-2-6-13(7-3-11)20-16(17(23)26-19-20)27-10-15(22)18-12-4-8-14(9-5-12)21(24)25/h2-9H,10H2,1H3,(H-,18,19,22,23)/p+1. The highest BCUT2D eigenvalue weighted by atomic mass is 32.2. The van der Waals surface area contributed by atoms with Gasteiger partial charge in [-0.25, -0.2) is 4.79 Å². The number of nitrogens with zero attached hydrogens (tertiary/aromatic N) is 2. The number of hydrogen-bond donors (Lipinski definition) is 2. The molecule has 0 spiro atoms. The second-order valence-electron chi connectivity index (χ2n) is 5.60. The Kier molecular flexibility index (Phi) is 5.36. The summed E-state index contributed by atoms with van der Waals surface area (Å²) in [5, 5.41) is 16.0. The molecule has 138 valence electrons. The van der Waals surface area contributed by atoms with Crippen molar-refractivity contribution in [3.63, 3.8) is 0 Å². The molecule has 0 aliphatic rings. The van der Waals surface area contributed by atoms with E-state index in [1.54, 1.807) is 0 Å². The Morgan fingerprint density at radius 1 is 1.22 bits per heavy atom. The summed E-state index contributed by atoms with van der Waals surface area (Å²) in [6.45, 7) is 1.95. The van der Waals surface area contributed by atoms with E-state index >= 15 is 0 Å². The van der Waals surface area contributed by atoms with Crippen molar-refractivity contribution < 1.29 is 18.9 Å². The zero-order valence-electron chi connectivity index (χ0n) is 14.2. The lowest BCUT2D eigenvalue weighted by Crippen LogP contribution is -2.36. The zero-order valence-corrected chi connectivity index (χ0v) is 15.0. The molecule has 10 heteroatoms. The van der Waals surface area contributed by atoms with Gasteiger partial charge in [-0.2, -0.15) is 0 Å². The number of hydrogen-bond acceptors (Lipinski definition) is 6. The lowest BCUT2D eigenvalue weighted by Gasteiger charge is -2.03. The van der Waals surface area contributed by atoms with Gasteiger partial charge in [0, 0.05) is 30.0 Å². The number of H-pyrrole nitrogens is 1. The molecule has 2 aromatic carbocycles. The monoisotopic (exact) mass is 387 g/mol. The highest BCUT2D eigenvalue weighted by Crippen LogP contribution is 2.17. The van der Waals surface area contributed by atoms with Crippen molar-refractivity contribution in [2.75, 3.05) is 11.1 Å². The molecule has 1 heterocycles. The molecule has 0 saturated heterocycles. The maximum atomic E-state index is 12.1. The van der Waals surface area contributed by atoms with Crippen LogP contribution in [0.1, 0.15) is 5.56 Å². The number of thioether (sulfide) groups is 1. The maximum Gasteiger partial charge on any atom is 0.442 e. The number of carbonyl (C=O) groups is 1. The predicted octanol–water partition coefficient (Wildman–Crippen LogP) is 2.19. The van der Waals surface area contributed by atoms with Crippen LogP contribution in [-0.4, -0.2) is 21.9 Å². The van der Waals surface area contributed by atoms with Gasteiger partial charge in [0.1, 0.15) is 0 Å². The van der Waals surface area contributed by atoms with Crippen molar-refractivity contribution in [1.82, 2.24) is 5.27 Å². The number of nitro groups is 1. The summed E-state index contributed by atoms with van der Waals surface area (Å²) in [5.74, 6) is -0.393. The molecule has 0 aliphatic heterocycles. The van der Waals surface area contributed by atoms with Crippen LogP contribution in [0.5, 0.6) is 0 Å². The highest BCUT2D eigenvalue weighted by Gasteiger charge is 2.24. The third-order valence-corrected chi connectivity index (χ3v) is 4.63. The van der Waals surface area contributed by atoms with E-state index < -0.39 is 10.5 Å². The van der Waals surface area contributed by atoms with Gasteiger partial charge in [-0.3, -0.25) is 19.4 Å². The Labute approximate surface area is 157 Å². The molecule has 0 unspecified atom stereocenters. The predicted molar refractivity (Wildman–Crippen MR) is 98.0 cm³/mol. The second-order valence-corrected chi connectivity index (χ2v) is 6.56. The molecule has 0 saturated carbocycles. The summed E-state index contributed by atoms with van der Waals surface area (Å²) in [7, 11) is 0. The quantitative estimate of drug-likeness (QED) is 0.289. The van der Waals surface area contributed by atoms with E-state index in [9.17, 15) is 19.7 Å². The number of benzene rings is 2. The van der Waals surface area contributed by atoms with E-state index in [4.69, 9.17) is 4.52 Å². The largest absolute Gasteiger partial charge is 0.442 e. The highest BCUT2D eigenvalue weighted by molar-refractivity contribution is 7.99. The Balaban J connectivity index is 1.67. The van der Waals surface area contributed by atoms with E-state index in [0.29, 0.717) is 11.4 Å². The number of non-ortho nitro benzene ring substituents is 1. The van der Waals surface area contributed by atoms with E-state index in [-0.39, 0.29) is 22.4 Å². The van der Waals surface area contributed by atoms with Crippen molar-refractivity contribution in [3.8, 4) is 5.69 Å². The summed E-state index contributed by atoms with van der Waals surface area (Å²) in [5.41, 5.74) is 1.56. The van der Waals surface area contributed by atoms with Crippen LogP contribution in [0.25, 0.3) is 5.69 Å². The number of rotatable bonds is 6. The first-order valence-corrected chi connectivity index (χ1v) is 8.80. The van der Waals surface area contributed by atoms with Crippen LogP contribution in [0.2, 0.25) is 0 Å². The Bertz CT molecular complexity index is 1020. The van der Waals surface area contributed by atoms with Gasteiger partial charge in [-0.15, -0.1) is 0 Å². The van der Waals surface area contributed by atoms with Crippen LogP contribution in [-0.2, 0) is 4.79 Å². The minimum absolute atomic E-state index is 0.0362. The summed E-state index contributed by atoms with van der Waals surface area (Å²) in [4.78, 5) is 34.2. The normalized spacial score (nSPS) is 10.6. The van der Waals surface area contributed by atoms with Crippen LogP contribution in [0.3, 0.4) is 0 Å². The summed E-state index contributed by atoms with van der Waals surface area (Å²) in [6.07, 6.45) is 0. The first-order chi connectivity index (χ1) is 12.9. The number of carbonyl (C=O) groups excluding carboxylic acids is 1. The van der Waals surface area contributed by atoms with Gasteiger partial charge in [0.2, 0.25) is 11.6 Å². The lowest BCUT2D eigenvalue weighted by molar-refractivity contribution is -0.704. The van der Waals surface area contributed by atoms with Gasteiger partial charge in [0.15, 0.2) is 0 Å². The first-order valence-electron chi connectivity index (χ1n) is 7.82. The van der Waals surface area contributed by atoms with Crippen molar-refractivity contribution in [2.24, 2.45) is 0 Å². The molecule has 0 fully saturated rings. The molecule has 0 atom stereocenters. The lowest BCUT2D eigenvalue weighted by atomic mass is 10.2. The molecule has 2 N–H and O–H groups in total. The minimum Gasteiger partial charge on any atom is -0.325 e. The molecule has 0 aliphatic carbocycles. The number of aryl methyl sites for hydroxylation is 1. The smallest absolute Gasteiger partial charge is 0.325 e. The fourth-order valence-electron chi connectivity index (χ4n) is 2.25. The number of amides is 1. The van der Waals surface area contributed by atoms with Gasteiger partial charge in [-0.05, 0) is 40.8 Å². The van der Waals surface area contributed by atoms with Crippen LogP contribution < -0.4 is 15.6 Å². The number of aromatic nitrogens is 2. The number of aromatic amines is 1. The molecule has 0 bridgehead atoms. The van der Waals surface area contributed by atoms with Crippen molar-refractivity contribution in [3.05, 3.63) is 74.6 Å². The van der Waals surface area contributed by atoms with Crippen LogP contribution in [0, 0.1) is 17.0 Å². The molecule has 1 amide bonds. The van der Waals surface area contributed by atoms with Gasteiger partial charge in [-0.1, -0.05) is 17.7 Å². The third kappa shape index (κ3) is 4.42. The number of nitro benzene ring substituents is 1. The van der Waals surface area contributed by atoms with Crippen LogP contribution >= 0.6 is 11.8 Å². The molecule has 3 aromatic rings. The Hall–Kier alpha value is -3.40. The molecule has 27 heavy (non-hydrogen) atoms. The molecular weight excluding hydrogens is 372 g/mol. The fraction of sp³-hybridized carbons (Fsp3) is 0.118. The average Bonchev–Trinajstić information content (AvgIpc) is 3.01. The summed E-state index contributed by atoms with van der Waals surface area (Å²) in [6, 6.07) is 12.9. The Morgan fingerprint density at radius 2 is 1.89 bits per heavy atom. The van der Waals surface area contributed by atoms with E-state index in [1.807, 2.05) is 31.2 Å². The SMILES string of the molecule is Cc1ccc(-[n+]2[nH]oc(=O)c2SCC(=O)Nc2ccc([N+](=O)[O-])cc2)cc1. The zero-order chi connectivity index (χ0) is 19.4. The summed E-state index contributed by atoms with van der Waals surface area (Å²) >= 11 is 1.02. The first kappa shape index (κ1) is 18.4. The van der Waals surface area contributed by atoms with E-state index in [2.05, 4.69) is 10.6 Å². The topological polar surface area (TPSA) is 122 Å². The number of anilines is 1. The van der Waals surface area contributed by atoms with E-state index in [0.717, 1.165) is 17.3 Å². The minimum atomic E-state index is -0.580. The maximum absolute atomic E-state index is 12.1. The summed E-state index contributed by atoms with van der Waals surface area (Å²) < 4.78 is 6.30. The molecule has 0 radical (unpaired) electrons. The number of nitrogens with one attached hydrogen (secondary N) is 2. The van der Waals surface area contributed by atoms with Crippen LogP contribution in [0.15, 0.2) is 62.9 Å². The van der Waals surface area contributed by atoms with Crippen molar-refractivity contribution >= 4 is 29.0 Å². The average molecular weight is 387 g/mol. The van der Waals surface area contributed by atoms with Gasteiger partial charge < -0.3 is 5.32 Å². The van der Waals surface area contributed by atoms with Crippen molar-refractivity contribution in [2.45, 2.75) is 11.9 Å². The molecule has 3 rings (SSSR count). The van der Waals surface area contributed by atoms with Gasteiger partial charge in [0.05, 0.1) is 10.7 Å². The second kappa shape index (κ2) is 7.87. The van der Waals surface area contributed by atoms with Gasteiger partial charge in [0.25, 0.3) is 5.69 Å². The molecule has 1 aromatic heterocycles. The van der Waals surface area contributed by atoms with Crippen LogP contribution in [0.4, 0.5) is 11.4 Å². The third-order valence-electron chi connectivity index (χ3n) is 3.60.